The molecule has 2 amide bonds. The number of hydrogen-bond acceptors (Lipinski definition) is 4. The Hall–Kier alpha value is -2.76. The molecule has 0 radical (unpaired) electrons. The molecule has 0 unspecified atom stereocenters. The Labute approximate surface area is 159 Å². The van der Waals surface area contributed by atoms with Crippen molar-refractivity contribution in [3.05, 3.63) is 59.7 Å². The van der Waals surface area contributed by atoms with Gasteiger partial charge in [-0.05, 0) is 38.2 Å². The highest BCUT2D eigenvalue weighted by molar-refractivity contribution is 5.92. The first-order chi connectivity index (χ1) is 13.1. The highest BCUT2D eigenvalue weighted by atomic mass is 16.2. The minimum atomic E-state index is -0.267. The van der Waals surface area contributed by atoms with E-state index in [-0.39, 0.29) is 29.5 Å². The standard InChI is InChI=1S/C21H26N4O2/c1-15-13-24-19(14-23-15)21(27)25-18-11-5-10-17(18)20(26)22-12-6-9-16-7-3-2-4-8-16/h2-4,7-8,13-14,17-18H,5-6,9-12H2,1H3,(H,22,26)(H,25,27)/t17-,18+/m0/s1. The van der Waals surface area contributed by atoms with Crippen LogP contribution >= 0.6 is 0 Å². The van der Waals surface area contributed by atoms with Crippen LogP contribution in [0.2, 0.25) is 0 Å². The molecule has 6 nitrogen and oxygen atoms in total. The third kappa shape index (κ3) is 5.36. The summed E-state index contributed by atoms with van der Waals surface area (Å²) in [4.78, 5) is 33.1. The number of carbonyl (C=O) groups excluding carboxylic acids is 2. The van der Waals surface area contributed by atoms with Gasteiger partial charge in [0.05, 0.1) is 17.8 Å². The van der Waals surface area contributed by atoms with E-state index in [9.17, 15) is 9.59 Å². The van der Waals surface area contributed by atoms with Crippen molar-refractivity contribution in [3.63, 3.8) is 0 Å². The van der Waals surface area contributed by atoms with Gasteiger partial charge in [0.1, 0.15) is 5.69 Å². The van der Waals surface area contributed by atoms with Gasteiger partial charge >= 0.3 is 0 Å². The number of nitrogens with one attached hydrogen (secondary N) is 2. The average Bonchev–Trinajstić information content (AvgIpc) is 3.14. The second kappa shape index (κ2) is 9.26. The van der Waals surface area contributed by atoms with Crippen LogP contribution in [0.5, 0.6) is 0 Å². The summed E-state index contributed by atoms with van der Waals surface area (Å²) in [5.74, 6) is -0.416. The zero-order chi connectivity index (χ0) is 19.1. The molecule has 1 aromatic heterocycles. The Balaban J connectivity index is 1.46. The predicted octanol–water partition coefficient (Wildman–Crippen LogP) is 2.43. The quantitative estimate of drug-likeness (QED) is 0.737. The molecule has 1 aliphatic rings. The van der Waals surface area contributed by atoms with Crippen LogP contribution in [0.15, 0.2) is 42.7 Å². The number of hydrogen-bond donors (Lipinski definition) is 2. The molecule has 1 heterocycles. The van der Waals surface area contributed by atoms with E-state index in [4.69, 9.17) is 0 Å². The van der Waals surface area contributed by atoms with Gasteiger partial charge in [-0.25, -0.2) is 4.98 Å². The van der Waals surface area contributed by atoms with Crippen molar-refractivity contribution in [1.29, 1.82) is 0 Å². The van der Waals surface area contributed by atoms with Gasteiger partial charge in [-0.3, -0.25) is 14.6 Å². The lowest BCUT2D eigenvalue weighted by molar-refractivity contribution is -0.125. The molecule has 3 rings (SSSR count). The second-order valence-corrected chi connectivity index (χ2v) is 7.04. The lowest BCUT2D eigenvalue weighted by Crippen LogP contribution is -2.44. The smallest absolute Gasteiger partial charge is 0.271 e. The Morgan fingerprint density at radius 3 is 2.67 bits per heavy atom. The van der Waals surface area contributed by atoms with Crippen molar-refractivity contribution >= 4 is 11.8 Å². The topological polar surface area (TPSA) is 84.0 Å². The van der Waals surface area contributed by atoms with E-state index in [0.29, 0.717) is 6.54 Å². The van der Waals surface area contributed by atoms with Crippen LogP contribution in [-0.2, 0) is 11.2 Å². The zero-order valence-electron chi connectivity index (χ0n) is 15.6. The van der Waals surface area contributed by atoms with Crippen molar-refractivity contribution in [2.24, 2.45) is 5.92 Å². The van der Waals surface area contributed by atoms with E-state index in [1.165, 1.54) is 11.8 Å². The van der Waals surface area contributed by atoms with Crippen molar-refractivity contribution in [2.45, 2.75) is 45.1 Å². The first-order valence-electron chi connectivity index (χ1n) is 9.54. The number of carbonyl (C=O) groups is 2. The fraction of sp³-hybridized carbons (Fsp3) is 0.429. The van der Waals surface area contributed by atoms with E-state index in [1.807, 2.05) is 25.1 Å². The van der Waals surface area contributed by atoms with E-state index >= 15 is 0 Å². The first kappa shape index (κ1) is 19.0. The summed E-state index contributed by atoms with van der Waals surface area (Å²) in [6.45, 7) is 2.47. The number of aromatic nitrogens is 2. The summed E-state index contributed by atoms with van der Waals surface area (Å²) in [6, 6.07) is 10.1. The Kier molecular flexibility index (Phi) is 6.52. The Bertz CT molecular complexity index is 762. The minimum Gasteiger partial charge on any atom is -0.356 e. The van der Waals surface area contributed by atoms with Crippen LogP contribution in [0.1, 0.15) is 47.4 Å². The third-order valence-electron chi connectivity index (χ3n) is 4.97. The van der Waals surface area contributed by atoms with Gasteiger partial charge in [-0.15, -0.1) is 0 Å². The second-order valence-electron chi connectivity index (χ2n) is 7.04. The van der Waals surface area contributed by atoms with Crippen molar-refractivity contribution in [1.82, 2.24) is 20.6 Å². The molecule has 2 aromatic rings. The van der Waals surface area contributed by atoms with Gasteiger partial charge in [-0.2, -0.15) is 0 Å². The third-order valence-corrected chi connectivity index (χ3v) is 4.97. The molecule has 6 heteroatoms. The fourth-order valence-electron chi connectivity index (χ4n) is 3.48. The molecule has 2 atom stereocenters. The molecule has 1 saturated carbocycles. The number of benzene rings is 1. The summed E-state index contributed by atoms with van der Waals surface area (Å²) in [5, 5.41) is 5.99. The van der Waals surface area contributed by atoms with E-state index < -0.39 is 0 Å². The Morgan fingerprint density at radius 1 is 1.11 bits per heavy atom. The van der Waals surface area contributed by atoms with E-state index in [0.717, 1.165) is 37.8 Å². The van der Waals surface area contributed by atoms with Gasteiger partial charge in [0.2, 0.25) is 5.91 Å². The maximum Gasteiger partial charge on any atom is 0.271 e. The fourth-order valence-corrected chi connectivity index (χ4v) is 3.48. The molecule has 0 aliphatic heterocycles. The molecule has 142 valence electrons. The van der Waals surface area contributed by atoms with Crippen LogP contribution in [0.3, 0.4) is 0 Å². The van der Waals surface area contributed by atoms with Crippen molar-refractivity contribution in [3.8, 4) is 0 Å². The first-order valence-corrected chi connectivity index (χ1v) is 9.54. The summed E-state index contributed by atoms with van der Waals surface area (Å²) in [6.07, 6.45) is 7.43. The van der Waals surface area contributed by atoms with Gasteiger partial charge in [0.15, 0.2) is 0 Å². The number of rotatable bonds is 7. The van der Waals surface area contributed by atoms with E-state index in [1.54, 1.807) is 6.20 Å². The van der Waals surface area contributed by atoms with E-state index in [2.05, 4.69) is 32.7 Å². The summed E-state index contributed by atoms with van der Waals surface area (Å²) >= 11 is 0. The number of nitrogens with zero attached hydrogens (tertiary/aromatic N) is 2. The molecular formula is C21H26N4O2. The highest BCUT2D eigenvalue weighted by Crippen LogP contribution is 2.26. The largest absolute Gasteiger partial charge is 0.356 e. The van der Waals surface area contributed by atoms with Crippen LogP contribution in [-0.4, -0.2) is 34.4 Å². The number of aryl methyl sites for hydroxylation is 2. The maximum atomic E-state index is 12.5. The summed E-state index contributed by atoms with van der Waals surface area (Å²) in [7, 11) is 0. The Morgan fingerprint density at radius 2 is 1.93 bits per heavy atom. The predicted molar refractivity (Wildman–Crippen MR) is 103 cm³/mol. The lowest BCUT2D eigenvalue weighted by Gasteiger charge is -2.20. The van der Waals surface area contributed by atoms with Gasteiger partial charge in [-0.1, -0.05) is 36.8 Å². The SMILES string of the molecule is Cc1cnc(C(=O)N[C@@H]2CCC[C@@H]2C(=O)NCCCc2ccccc2)cn1. The molecule has 0 bridgehead atoms. The maximum absolute atomic E-state index is 12.5. The zero-order valence-corrected chi connectivity index (χ0v) is 15.6. The molecule has 1 aliphatic carbocycles. The summed E-state index contributed by atoms with van der Waals surface area (Å²) in [5.41, 5.74) is 2.33. The molecule has 0 saturated heterocycles. The molecule has 1 fully saturated rings. The molecular weight excluding hydrogens is 340 g/mol. The minimum absolute atomic E-state index is 0.0286. The van der Waals surface area contributed by atoms with Crippen molar-refractivity contribution in [2.75, 3.05) is 6.54 Å². The van der Waals surface area contributed by atoms with Crippen LogP contribution < -0.4 is 10.6 Å². The molecule has 1 aromatic carbocycles. The monoisotopic (exact) mass is 366 g/mol. The van der Waals surface area contributed by atoms with Gasteiger partial charge in [0, 0.05) is 18.8 Å². The molecule has 0 spiro atoms. The lowest BCUT2D eigenvalue weighted by atomic mass is 10.0. The average molecular weight is 366 g/mol. The summed E-state index contributed by atoms with van der Waals surface area (Å²) < 4.78 is 0. The van der Waals surface area contributed by atoms with Crippen LogP contribution in [0.4, 0.5) is 0 Å². The molecule has 2 N–H and O–H groups in total. The van der Waals surface area contributed by atoms with Gasteiger partial charge < -0.3 is 10.6 Å². The normalized spacial score (nSPS) is 18.9. The number of amides is 2. The van der Waals surface area contributed by atoms with Crippen LogP contribution in [0.25, 0.3) is 0 Å². The van der Waals surface area contributed by atoms with Crippen LogP contribution in [0, 0.1) is 12.8 Å². The van der Waals surface area contributed by atoms with Gasteiger partial charge in [0.25, 0.3) is 5.91 Å². The molecule has 27 heavy (non-hydrogen) atoms. The van der Waals surface area contributed by atoms with Crippen molar-refractivity contribution < 1.29 is 9.59 Å². The highest BCUT2D eigenvalue weighted by Gasteiger charge is 2.34.